The molecule has 2 fully saturated rings. The predicted molar refractivity (Wildman–Crippen MR) is 245 cm³/mol. The molecular weight excluding hydrogens is 797 g/mol. The standard InChI is InChI=1S/C25H30N4O3.C24H28N4O3/c1-24(2)14-18(15-25(3,4)28-24)32-22-9-7-20(26-27-22)19-12-16(6-8-21(19)30)17-10-11-29(5)23(31)13-17;1-23(2)13-17(14-24(3,4)28-23)31-22-8-6-19(26-27-22)18-11-15(5-7-20(18)29)16-9-10-25-21(30)12-16/h6-13,18,28,30H,14-15H2,1-5H3;5-12,17,28-29H,13-14H2,1-4H3,(H,25,30). The summed E-state index contributed by atoms with van der Waals surface area (Å²) in [5, 5.41) is 45.1. The Balaban J connectivity index is 0.000000189. The molecule has 2 aromatic carbocycles. The zero-order chi connectivity index (χ0) is 45.3. The number of hydrogen-bond acceptors (Lipinski definition) is 12. The first-order chi connectivity index (χ1) is 29.6. The van der Waals surface area contributed by atoms with Crippen LogP contribution in [0.2, 0.25) is 0 Å². The van der Waals surface area contributed by atoms with E-state index in [1.165, 1.54) is 10.6 Å². The fourth-order valence-electron chi connectivity index (χ4n) is 9.21. The molecule has 6 aromatic rings. The molecule has 2 aliphatic rings. The number of piperidine rings is 2. The monoisotopic (exact) mass is 854 g/mol. The number of phenols is 2. The quantitative estimate of drug-likeness (QED) is 0.100. The van der Waals surface area contributed by atoms with E-state index in [4.69, 9.17) is 9.47 Å². The molecule has 2 aliphatic heterocycles. The third kappa shape index (κ3) is 11.4. The first-order valence-corrected chi connectivity index (χ1v) is 21.2. The zero-order valence-electron chi connectivity index (χ0n) is 37.5. The minimum absolute atomic E-state index is 0.0227. The molecule has 5 N–H and O–H groups in total. The third-order valence-corrected chi connectivity index (χ3v) is 11.3. The molecular formula is C49H58N8O6. The lowest BCUT2D eigenvalue weighted by atomic mass is 9.81. The highest BCUT2D eigenvalue weighted by Crippen LogP contribution is 2.36. The van der Waals surface area contributed by atoms with Crippen molar-refractivity contribution in [2.24, 2.45) is 7.05 Å². The van der Waals surface area contributed by atoms with Gasteiger partial charge in [0.15, 0.2) is 0 Å². The van der Waals surface area contributed by atoms with Gasteiger partial charge in [0.2, 0.25) is 17.3 Å². The number of phenolic OH excluding ortho intramolecular Hbond substituents is 2. The highest BCUT2D eigenvalue weighted by Gasteiger charge is 2.40. The number of aryl methyl sites for hydroxylation is 1. The Morgan fingerprint density at radius 1 is 0.556 bits per heavy atom. The molecule has 14 heteroatoms. The third-order valence-electron chi connectivity index (χ3n) is 11.3. The van der Waals surface area contributed by atoms with Gasteiger partial charge in [-0.2, -0.15) is 0 Å². The molecule has 0 radical (unpaired) electrons. The summed E-state index contributed by atoms with van der Waals surface area (Å²) in [4.78, 5) is 26.2. The van der Waals surface area contributed by atoms with Crippen molar-refractivity contribution in [1.29, 1.82) is 0 Å². The number of aromatic hydroxyl groups is 2. The van der Waals surface area contributed by atoms with Crippen molar-refractivity contribution in [2.75, 3.05) is 0 Å². The van der Waals surface area contributed by atoms with Gasteiger partial charge in [-0.25, -0.2) is 0 Å². The molecule has 63 heavy (non-hydrogen) atoms. The molecule has 14 nitrogen and oxygen atoms in total. The Morgan fingerprint density at radius 3 is 1.38 bits per heavy atom. The van der Waals surface area contributed by atoms with E-state index < -0.39 is 0 Å². The number of aromatic nitrogens is 6. The van der Waals surface area contributed by atoms with Gasteiger partial charge < -0.3 is 39.9 Å². The van der Waals surface area contributed by atoms with Crippen LogP contribution in [0.15, 0.2) is 107 Å². The number of ether oxygens (including phenoxy) is 2. The minimum atomic E-state index is -0.183. The molecule has 0 saturated carbocycles. The molecule has 0 spiro atoms. The van der Waals surface area contributed by atoms with E-state index in [0.29, 0.717) is 34.3 Å². The smallest absolute Gasteiger partial charge is 0.250 e. The van der Waals surface area contributed by atoms with Gasteiger partial charge in [-0.05, 0) is 126 Å². The first kappa shape index (κ1) is 44.7. The second-order valence-electron chi connectivity index (χ2n) is 19.4. The number of aromatic amines is 1. The van der Waals surface area contributed by atoms with Crippen molar-refractivity contribution in [3.8, 4) is 68.0 Å². The molecule has 0 atom stereocenters. The lowest BCUT2D eigenvalue weighted by Crippen LogP contribution is -2.60. The Bertz CT molecular complexity index is 2660. The Kier molecular flexibility index (Phi) is 12.3. The van der Waals surface area contributed by atoms with E-state index in [0.717, 1.165) is 47.9 Å². The van der Waals surface area contributed by atoms with Gasteiger partial charge in [-0.15, -0.1) is 20.4 Å². The molecule has 0 bridgehead atoms. The van der Waals surface area contributed by atoms with Crippen molar-refractivity contribution in [3.05, 3.63) is 118 Å². The summed E-state index contributed by atoms with van der Waals surface area (Å²) in [6.45, 7) is 17.4. The van der Waals surface area contributed by atoms with Crippen LogP contribution in [0.1, 0.15) is 81.1 Å². The Morgan fingerprint density at radius 2 is 0.984 bits per heavy atom. The Labute approximate surface area is 367 Å². The van der Waals surface area contributed by atoms with Gasteiger partial charge >= 0.3 is 0 Å². The largest absolute Gasteiger partial charge is 0.507 e. The van der Waals surface area contributed by atoms with Crippen LogP contribution in [0, 0.1) is 0 Å². The van der Waals surface area contributed by atoms with Crippen LogP contribution in [0.3, 0.4) is 0 Å². The fraction of sp³-hybridized carbons (Fsp3) is 0.388. The number of H-pyrrole nitrogens is 1. The summed E-state index contributed by atoms with van der Waals surface area (Å²) in [5.74, 6) is 1.13. The maximum absolute atomic E-state index is 12.0. The van der Waals surface area contributed by atoms with E-state index in [2.05, 4.69) is 91.4 Å². The van der Waals surface area contributed by atoms with Crippen molar-refractivity contribution in [3.63, 3.8) is 0 Å². The normalized spacial score (nSPS) is 17.9. The number of rotatable bonds is 8. The minimum Gasteiger partial charge on any atom is -0.507 e. The van der Waals surface area contributed by atoms with Crippen molar-refractivity contribution in [2.45, 2.75) is 115 Å². The van der Waals surface area contributed by atoms with Gasteiger partial charge in [0.25, 0.3) is 5.56 Å². The Hall–Kier alpha value is -6.38. The van der Waals surface area contributed by atoms with Crippen LogP contribution in [-0.2, 0) is 7.05 Å². The zero-order valence-corrected chi connectivity index (χ0v) is 37.5. The summed E-state index contributed by atoms with van der Waals surface area (Å²) >= 11 is 0. The van der Waals surface area contributed by atoms with E-state index in [1.54, 1.807) is 80.1 Å². The summed E-state index contributed by atoms with van der Waals surface area (Å²) in [7, 11) is 1.71. The summed E-state index contributed by atoms with van der Waals surface area (Å²) < 4.78 is 13.8. The number of hydrogen-bond donors (Lipinski definition) is 5. The second-order valence-corrected chi connectivity index (χ2v) is 19.4. The van der Waals surface area contributed by atoms with Crippen LogP contribution in [-0.4, -0.2) is 74.5 Å². The highest BCUT2D eigenvalue weighted by atomic mass is 16.5. The molecule has 4 aromatic heterocycles. The average molecular weight is 855 g/mol. The van der Waals surface area contributed by atoms with Gasteiger partial charge in [-0.3, -0.25) is 9.59 Å². The van der Waals surface area contributed by atoms with E-state index in [1.807, 2.05) is 18.2 Å². The van der Waals surface area contributed by atoms with Crippen LogP contribution in [0.4, 0.5) is 0 Å². The molecule has 6 heterocycles. The predicted octanol–water partition coefficient (Wildman–Crippen LogP) is 7.80. The van der Waals surface area contributed by atoms with Crippen molar-refractivity contribution in [1.82, 2.24) is 40.6 Å². The molecule has 8 rings (SSSR count). The van der Waals surface area contributed by atoms with E-state index in [-0.39, 0.29) is 57.0 Å². The highest BCUT2D eigenvalue weighted by molar-refractivity contribution is 5.76. The topological polar surface area (TPSA) is 189 Å². The molecule has 0 aliphatic carbocycles. The number of nitrogens with one attached hydrogen (secondary N) is 3. The average Bonchev–Trinajstić information content (AvgIpc) is 3.18. The number of benzene rings is 2. The van der Waals surface area contributed by atoms with Gasteiger partial charge in [0.1, 0.15) is 23.7 Å². The van der Waals surface area contributed by atoms with E-state index in [9.17, 15) is 19.8 Å². The maximum atomic E-state index is 12.0. The SMILES string of the molecule is CC1(C)CC(Oc2ccc(-c3cc(-c4cc[nH]c(=O)c4)ccc3O)nn2)CC(C)(C)N1.Cn1ccc(-c2ccc(O)c(-c3ccc(OC4CC(C)(C)NC(C)(C)C4)nn3)c2)cc1=O. The lowest BCUT2D eigenvalue weighted by molar-refractivity contribution is 0.0518. The molecule has 2 saturated heterocycles. The van der Waals surface area contributed by atoms with Crippen LogP contribution >= 0.6 is 0 Å². The fourth-order valence-corrected chi connectivity index (χ4v) is 9.21. The van der Waals surface area contributed by atoms with Crippen molar-refractivity contribution < 1.29 is 19.7 Å². The van der Waals surface area contributed by atoms with E-state index >= 15 is 0 Å². The maximum Gasteiger partial charge on any atom is 0.250 e. The number of nitrogens with zero attached hydrogens (tertiary/aromatic N) is 5. The van der Waals surface area contributed by atoms with Gasteiger partial charge in [0.05, 0.1) is 11.4 Å². The molecule has 330 valence electrons. The number of pyridine rings is 2. The summed E-state index contributed by atoms with van der Waals surface area (Å²) in [6.07, 6.45) is 6.90. The van der Waals surface area contributed by atoms with Crippen LogP contribution in [0.25, 0.3) is 44.8 Å². The molecule has 0 amide bonds. The van der Waals surface area contributed by atoms with Crippen LogP contribution < -0.4 is 31.2 Å². The van der Waals surface area contributed by atoms with Crippen molar-refractivity contribution >= 4 is 0 Å². The summed E-state index contributed by atoms with van der Waals surface area (Å²) in [6, 6.07) is 24.3. The van der Waals surface area contributed by atoms with Gasteiger partial charge in [0, 0.05) is 103 Å². The second kappa shape index (κ2) is 17.4. The van der Waals surface area contributed by atoms with Crippen LogP contribution in [0.5, 0.6) is 23.3 Å². The lowest BCUT2D eigenvalue weighted by Gasteiger charge is -2.46. The van der Waals surface area contributed by atoms with Gasteiger partial charge in [-0.1, -0.05) is 12.1 Å². The first-order valence-electron chi connectivity index (χ1n) is 21.2. The molecule has 0 unspecified atom stereocenters. The summed E-state index contributed by atoms with van der Waals surface area (Å²) in [5.41, 5.74) is 4.94.